The fourth-order valence-electron chi connectivity index (χ4n) is 6.92. The van der Waals surface area contributed by atoms with E-state index in [1.54, 1.807) is 13.0 Å². The van der Waals surface area contributed by atoms with E-state index in [9.17, 15) is 47.5 Å². The molecular formula is C34H43N4O18P3. The predicted molar refractivity (Wildman–Crippen MR) is 206 cm³/mol. The highest BCUT2D eigenvalue weighted by molar-refractivity contribution is 7.66. The van der Waals surface area contributed by atoms with Crippen molar-refractivity contribution in [1.29, 1.82) is 0 Å². The Labute approximate surface area is 335 Å². The quantitative estimate of drug-likeness (QED) is 0.0553. The lowest BCUT2D eigenvalue weighted by Crippen LogP contribution is -2.49. The predicted octanol–water partition coefficient (Wildman–Crippen LogP) is 2.88. The van der Waals surface area contributed by atoms with Gasteiger partial charge in [0.05, 0.1) is 25.9 Å². The Morgan fingerprint density at radius 3 is 2.47 bits per heavy atom. The molecule has 2 aromatic heterocycles. The van der Waals surface area contributed by atoms with Crippen LogP contribution in [0.4, 0.5) is 5.69 Å². The molecule has 0 aliphatic carbocycles. The summed E-state index contributed by atoms with van der Waals surface area (Å²) in [7, 11) is -16.7. The third-order valence-corrected chi connectivity index (χ3v) is 13.1. The fourth-order valence-corrected chi connectivity index (χ4v) is 9.97. The van der Waals surface area contributed by atoms with Crippen molar-refractivity contribution in [2.45, 2.75) is 83.6 Å². The number of hydrogen-bond acceptors (Lipinski definition) is 15. The normalized spacial score (nSPS) is 20.8. The minimum absolute atomic E-state index is 0.112. The first-order valence-electron chi connectivity index (χ1n) is 18.1. The Morgan fingerprint density at radius 2 is 1.78 bits per heavy atom. The number of hydrogen-bond donors (Lipinski definition) is 6. The number of anilines is 1. The average Bonchev–Trinajstić information content (AvgIpc) is 3.58. The second kappa shape index (κ2) is 18.2. The first-order chi connectivity index (χ1) is 27.5. The van der Waals surface area contributed by atoms with Gasteiger partial charge >= 0.3 is 40.8 Å². The van der Waals surface area contributed by atoms with Crippen molar-refractivity contribution in [3.8, 4) is 11.8 Å². The van der Waals surface area contributed by atoms with E-state index in [0.717, 1.165) is 28.4 Å². The molecule has 1 amide bonds. The van der Waals surface area contributed by atoms with Crippen LogP contribution in [0.3, 0.4) is 0 Å². The molecule has 2 aliphatic heterocycles. The average molecular weight is 889 g/mol. The largest absolute Gasteiger partial charge is 0.490 e. The zero-order valence-corrected chi connectivity index (χ0v) is 34.8. The Balaban J connectivity index is 1.15. The molecule has 1 saturated heterocycles. The third-order valence-electron chi connectivity index (χ3n) is 9.32. The molecule has 6 N–H and O–H groups in total. The van der Waals surface area contributed by atoms with Crippen LogP contribution >= 0.6 is 23.5 Å². The highest BCUT2D eigenvalue weighted by Crippen LogP contribution is 2.66. The number of phosphoric ester groups is 1. The molecule has 25 heteroatoms. The molecule has 0 spiro atoms. The van der Waals surface area contributed by atoms with Gasteiger partial charge in [0.2, 0.25) is 5.91 Å². The van der Waals surface area contributed by atoms with Crippen LogP contribution in [0.2, 0.25) is 0 Å². The Kier molecular flexibility index (Phi) is 14.1. The van der Waals surface area contributed by atoms with Gasteiger partial charge in [-0.15, -0.1) is 0 Å². The number of carbonyl (C=O) groups is 2. The number of aromatic nitrogens is 2. The second-order valence-corrected chi connectivity index (χ2v) is 18.7. The highest BCUT2D eigenvalue weighted by Gasteiger charge is 2.42. The second-order valence-electron chi connectivity index (χ2n) is 14.3. The van der Waals surface area contributed by atoms with Crippen molar-refractivity contribution in [3.05, 3.63) is 72.3 Å². The van der Waals surface area contributed by atoms with Crippen LogP contribution < -0.4 is 27.1 Å². The number of nitrogens with zero attached hydrogens (tertiary/aromatic N) is 2. The molecule has 0 saturated carbocycles. The van der Waals surface area contributed by atoms with E-state index in [-0.39, 0.29) is 60.9 Å². The molecule has 1 fully saturated rings. The van der Waals surface area contributed by atoms with Crippen molar-refractivity contribution in [2.75, 3.05) is 31.2 Å². The maximum absolute atomic E-state index is 12.8. The van der Waals surface area contributed by atoms with Crippen LogP contribution in [0.15, 0.2) is 43.2 Å². The number of amides is 1. The van der Waals surface area contributed by atoms with Gasteiger partial charge in [0.15, 0.2) is 0 Å². The van der Waals surface area contributed by atoms with Gasteiger partial charge in [-0.2, -0.15) is 8.62 Å². The number of rotatable bonds is 15. The first-order valence-corrected chi connectivity index (χ1v) is 22.6. The van der Waals surface area contributed by atoms with E-state index in [1.807, 2.05) is 6.07 Å². The number of phosphoric acid groups is 3. The molecule has 0 radical (unpaired) electrons. The van der Waals surface area contributed by atoms with E-state index < -0.39 is 65.3 Å². The third kappa shape index (κ3) is 12.0. The van der Waals surface area contributed by atoms with Crippen LogP contribution in [-0.2, 0) is 41.1 Å². The topological polar surface area (TPSA) is 313 Å². The van der Waals surface area contributed by atoms with Gasteiger partial charge in [0.25, 0.3) is 5.56 Å². The van der Waals surface area contributed by atoms with E-state index in [2.05, 4.69) is 61.0 Å². The number of ether oxygens (including phenoxy) is 2. The molecule has 322 valence electrons. The molecule has 59 heavy (non-hydrogen) atoms. The zero-order chi connectivity index (χ0) is 43.5. The van der Waals surface area contributed by atoms with Crippen LogP contribution in [0, 0.1) is 11.8 Å². The SMILES string of the molecule is CCOC(=O)c1cc2cc3c(cc2oc1=O)N(CCCC(=O)NCC#Cc1cn([C@H]2CC[C@@H](COP(=O)(O)OP(=O)(O)OP(=O)(O)O)O2)c(=O)[nH]c1=O)C(C)(C)CC3C. The van der Waals surface area contributed by atoms with Crippen molar-refractivity contribution < 1.29 is 69.9 Å². The Hall–Kier alpha value is -4.22. The van der Waals surface area contributed by atoms with Crippen LogP contribution in [0.1, 0.15) is 93.4 Å². The number of carbonyl (C=O) groups excluding carboxylic acids is 2. The molecule has 3 aromatic rings. The molecule has 1 aromatic carbocycles. The minimum Gasteiger partial charge on any atom is -0.462 e. The lowest BCUT2D eigenvalue weighted by molar-refractivity contribution is -0.120. The van der Waals surface area contributed by atoms with Crippen molar-refractivity contribution in [1.82, 2.24) is 14.9 Å². The molecule has 3 unspecified atom stereocenters. The molecule has 4 heterocycles. The molecule has 22 nitrogen and oxygen atoms in total. The van der Waals surface area contributed by atoms with Crippen molar-refractivity contribution in [2.24, 2.45) is 0 Å². The smallest absolute Gasteiger partial charge is 0.462 e. The molecule has 5 rings (SSSR count). The summed E-state index contributed by atoms with van der Waals surface area (Å²) in [5.41, 5.74) is -0.920. The van der Waals surface area contributed by atoms with Crippen molar-refractivity contribution in [3.63, 3.8) is 0 Å². The summed E-state index contributed by atoms with van der Waals surface area (Å²) in [5.74, 6) is 4.36. The van der Waals surface area contributed by atoms with Gasteiger partial charge in [-0.05, 0) is 70.1 Å². The maximum Gasteiger partial charge on any atom is 0.490 e. The van der Waals surface area contributed by atoms with E-state index in [4.69, 9.17) is 23.7 Å². The van der Waals surface area contributed by atoms with Gasteiger partial charge < -0.3 is 43.7 Å². The van der Waals surface area contributed by atoms with E-state index in [0.29, 0.717) is 23.9 Å². The maximum atomic E-state index is 12.8. The molecule has 2 aliphatic rings. The minimum atomic E-state index is -5.71. The lowest BCUT2D eigenvalue weighted by Gasteiger charge is -2.47. The number of fused-ring (bicyclic) bond motifs is 2. The van der Waals surface area contributed by atoms with Gasteiger partial charge in [0.1, 0.15) is 22.9 Å². The summed E-state index contributed by atoms with van der Waals surface area (Å²) in [4.78, 5) is 103. The van der Waals surface area contributed by atoms with E-state index in [1.165, 1.54) is 6.07 Å². The van der Waals surface area contributed by atoms with Gasteiger partial charge in [0, 0.05) is 41.8 Å². The summed E-state index contributed by atoms with van der Waals surface area (Å²) in [6.07, 6.45) is 0.825. The molecular weight excluding hydrogens is 845 g/mol. The monoisotopic (exact) mass is 888 g/mol. The highest BCUT2D eigenvalue weighted by atomic mass is 31.3. The number of esters is 1. The number of nitrogens with one attached hydrogen (secondary N) is 2. The summed E-state index contributed by atoms with van der Waals surface area (Å²) in [6.45, 7) is 7.67. The van der Waals surface area contributed by atoms with Crippen LogP contribution in [0.25, 0.3) is 11.0 Å². The Bertz CT molecular complexity index is 2500. The Morgan fingerprint density at radius 1 is 1.05 bits per heavy atom. The van der Waals surface area contributed by atoms with Crippen LogP contribution in [-0.4, -0.2) is 78.9 Å². The summed E-state index contributed by atoms with van der Waals surface area (Å²) in [5, 5.41) is 3.27. The van der Waals surface area contributed by atoms with E-state index >= 15 is 0 Å². The van der Waals surface area contributed by atoms with Crippen molar-refractivity contribution >= 4 is 52.0 Å². The summed E-state index contributed by atoms with van der Waals surface area (Å²) < 4.78 is 63.5. The number of benzene rings is 1. The number of H-pyrrole nitrogens is 1. The summed E-state index contributed by atoms with van der Waals surface area (Å²) >= 11 is 0. The lowest BCUT2D eigenvalue weighted by atomic mass is 9.79. The molecule has 5 atom stereocenters. The summed E-state index contributed by atoms with van der Waals surface area (Å²) in [6, 6.07) is 5.18. The fraction of sp³-hybridized carbons (Fsp3) is 0.500. The standard InChI is InChI=1S/C34H43N4O18P3/c1-5-51-31(41)25-15-22-14-24-20(2)17-34(3,4)38(26(24)16-27(22)54-32(25)42)13-7-9-28(39)35-12-6-8-21-18-37(33(43)36-30(21)40)29-11-10-23(53-29)19-52-58(47,48)56-59(49,50)55-57(44,45)46/h14-16,18,20,23,29H,5,7,9-13,17,19H2,1-4H3,(H,35,39)(H,47,48)(H,49,50)(H,36,40,43)(H2,44,45,46)/t20?,23-,29+/m0/s1. The van der Waals surface area contributed by atoms with Crippen LogP contribution in [0.5, 0.6) is 0 Å². The van der Waals surface area contributed by atoms with Gasteiger partial charge in [-0.1, -0.05) is 18.8 Å². The van der Waals surface area contributed by atoms with Gasteiger partial charge in [-0.25, -0.2) is 28.1 Å². The molecule has 0 bridgehead atoms. The first kappa shape index (κ1) is 45.9. The number of aromatic amines is 1. The zero-order valence-electron chi connectivity index (χ0n) is 32.1. The van der Waals surface area contributed by atoms with Gasteiger partial charge in [-0.3, -0.25) is 23.7 Å².